The molecule has 1 saturated carbocycles. The van der Waals surface area contributed by atoms with Gasteiger partial charge in [0.15, 0.2) is 0 Å². The van der Waals surface area contributed by atoms with Crippen molar-refractivity contribution in [3.63, 3.8) is 0 Å². The van der Waals surface area contributed by atoms with Gasteiger partial charge in [0.25, 0.3) is 0 Å². The molecule has 26 heavy (non-hydrogen) atoms. The summed E-state index contributed by atoms with van der Waals surface area (Å²) >= 11 is 0. The second kappa shape index (κ2) is 6.93. The number of nitrogens with zero attached hydrogens (tertiary/aromatic N) is 1. The van der Waals surface area contributed by atoms with Gasteiger partial charge in [-0.25, -0.2) is 0 Å². The third kappa shape index (κ3) is 3.19. The Morgan fingerprint density at radius 3 is 2.19 bits per heavy atom. The van der Waals surface area contributed by atoms with Crippen LogP contribution in [0.2, 0.25) is 0 Å². The van der Waals surface area contributed by atoms with Gasteiger partial charge in [-0.1, -0.05) is 49.6 Å². The van der Waals surface area contributed by atoms with Gasteiger partial charge in [-0.05, 0) is 18.4 Å². The average Bonchev–Trinajstić information content (AvgIpc) is 3.07. The topological polar surface area (TPSA) is 57.6 Å². The van der Waals surface area contributed by atoms with Gasteiger partial charge >= 0.3 is 12.1 Å². The van der Waals surface area contributed by atoms with Crippen LogP contribution in [0.4, 0.5) is 13.2 Å². The number of carboxylic acid groups (broad SMARTS) is 1. The number of likely N-dealkylation sites (tertiary alicyclic amines) is 1. The minimum absolute atomic E-state index is 0.0116. The van der Waals surface area contributed by atoms with Crippen molar-refractivity contribution < 1.29 is 27.9 Å². The number of hydrogen-bond donors (Lipinski definition) is 1. The first kappa shape index (κ1) is 18.7. The lowest BCUT2D eigenvalue weighted by atomic mass is 9.72. The molecule has 0 radical (unpaired) electrons. The number of amides is 1. The van der Waals surface area contributed by atoms with E-state index in [9.17, 15) is 27.9 Å². The summed E-state index contributed by atoms with van der Waals surface area (Å²) in [5, 5.41) is 9.52. The van der Waals surface area contributed by atoms with Crippen molar-refractivity contribution in [2.75, 3.05) is 13.1 Å². The molecule has 1 N–H and O–H groups in total. The Balaban J connectivity index is 1.89. The van der Waals surface area contributed by atoms with E-state index in [0.29, 0.717) is 19.3 Å². The zero-order valence-electron chi connectivity index (χ0n) is 14.3. The first-order valence-electron chi connectivity index (χ1n) is 8.90. The Labute approximate surface area is 150 Å². The fourth-order valence-electron chi connectivity index (χ4n) is 4.33. The zero-order valence-corrected chi connectivity index (χ0v) is 14.3. The molecule has 142 valence electrons. The summed E-state index contributed by atoms with van der Waals surface area (Å²) in [6.07, 6.45) is -3.62. The predicted molar refractivity (Wildman–Crippen MR) is 88.5 cm³/mol. The second-order valence-corrected chi connectivity index (χ2v) is 7.31. The summed E-state index contributed by atoms with van der Waals surface area (Å²) in [5.74, 6) is -3.42. The largest absolute Gasteiger partial charge is 0.481 e. The van der Waals surface area contributed by atoms with E-state index in [1.807, 2.05) is 0 Å². The number of hydrogen-bond acceptors (Lipinski definition) is 2. The number of carbonyl (C=O) groups is 2. The highest BCUT2D eigenvalue weighted by Gasteiger charge is 2.62. The summed E-state index contributed by atoms with van der Waals surface area (Å²) in [6, 6.07) is 8.83. The van der Waals surface area contributed by atoms with Crippen LogP contribution in [-0.2, 0) is 9.59 Å². The van der Waals surface area contributed by atoms with Gasteiger partial charge in [0, 0.05) is 19.0 Å². The molecule has 0 spiro atoms. The summed E-state index contributed by atoms with van der Waals surface area (Å²) < 4.78 is 41.4. The highest BCUT2D eigenvalue weighted by atomic mass is 19.4. The number of carbonyl (C=O) groups excluding carboxylic acids is 1. The molecule has 2 fully saturated rings. The van der Waals surface area contributed by atoms with Crippen LogP contribution in [0.1, 0.15) is 43.6 Å². The highest BCUT2D eigenvalue weighted by Crippen LogP contribution is 2.51. The minimum Gasteiger partial charge on any atom is -0.481 e. The maximum Gasteiger partial charge on any atom is 0.403 e. The van der Waals surface area contributed by atoms with Crippen molar-refractivity contribution >= 4 is 11.9 Å². The van der Waals surface area contributed by atoms with Crippen LogP contribution in [-0.4, -0.2) is 41.1 Å². The average molecular weight is 369 g/mol. The summed E-state index contributed by atoms with van der Waals surface area (Å²) in [4.78, 5) is 25.7. The maximum absolute atomic E-state index is 13.8. The third-order valence-corrected chi connectivity index (χ3v) is 5.81. The molecule has 0 aromatic heterocycles. The Morgan fingerprint density at radius 1 is 1.04 bits per heavy atom. The lowest BCUT2D eigenvalue weighted by Crippen LogP contribution is -2.53. The second-order valence-electron chi connectivity index (χ2n) is 7.31. The molecule has 1 aliphatic heterocycles. The van der Waals surface area contributed by atoms with E-state index in [0.717, 1.165) is 10.5 Å². The molecule has 1 aromatic rings. The lowest BCUT2D eigenvalue weighted by molar-refractivity contribution is -0.235. The van der Waals surface area contributed by atoms with E-state index in [-0.39, 0.29) is 25.9 Å². The molecular formula is C19H22F3NO3. The smallest absolute Gasteiger partial charge is 0.403 e. The lowest BCUT2D eigenvalue weighted by Gasteiger charge is -2.40. The standard InChI is InChI=1S/C19H22F3NO3/c20-19(21,22)18(9-5-2-6-10-18)17(26)23-11-14(15(12-23)16(24)25)13-7-3-1-4-8-13/h1,3-4,7-8,14-15H,2,5-6,9-12H2,(H,24,25)/t14-,15+/m0/s1. The number of alkyl halides is 3. The molecule has 1 saturated heterocycles. The third-order valence-electron chi connectivity index (χ3n) is 5.81. The van der Waals surface area contributed by atoms with Gasteiger partial charge in [-0.3, -0.25) is 9.59 Å². The molecule has 2 atom stereocenters. The Bertz CT molecular complexity index is 668. The van der Waals surface area contributed by atoms with Gasteiger partial charge in [0.05, 0.1) is 5.92 Å². The van der Waals surface area contributed by atoms with Gasteiger partial charge < -0.3 is 10.0 Å². The van der Waals surface area contributed by atoms with Crippen LogP contribution in [0.15, 0.2) is 30.3 Å². The Morgan fingerprint density at radius 2 is 1.65 bits per heavy atom. The quantitative estimate of drug-likeness (QED) is 0.881. The molecule has 7 heteroatoms. The fourth-order valence-corrected chi connectivity index (χ4v) is 4.33. The molecule has 0 bridgehead atoms. The van der Waals surface area contributed by atoms with E-state index in [1.165, 1.54) is 0 Å². The maximum atomic E-state index is 13.8. The van der Waals surface area contributed by atoms with E-state index in [1.54, 1.807) is 30.3 Å². The van der Waals surface area contributed by atoms with Gasteiger partial charge in [0.1, 0.15) is 5.41 Å². The summed E-state index contributed by atoms with van der Waals surface area (Å²) in [7, 11) is 0. The van der Waals surface area contributed by atoms with Crippen molar-refractivity contribution in [3.05, 3.63) is 35.9 Å². The zero-order chi connectivity index (χ0) is 18.9. The normalized spacial score (nSPS) is 25.9. The van der Waals surface area contributed by atoms with Crippen molar-refractivity contribution in [2.24, 2.45) is 11.3 Å². The van der Waals surface area contributed by atoms with E-state index < -0.39 is 35.3 Å². The van der Waals surface area contributed by atoms with E-state index in [4.69, 9.17) is 0 Å². The van der Waals surface area contributed by atoms with Crippen LogP contribution >= 0.6 is 0 Å². The molecule has 2 aliphatic rings. The van der Waals surface area contributed by atoms with Gasteiger partial charge in [-0.15, -0.1) is 0 Å². The molecule has 1 amide bonds. The van der Waals surface area contributed by atoms with Gasteiger partial charge in [-0.2, -0.15) is 13.2 Å². The molecule has 0 unspecified atom stereocenters. The number of carboxylic acids is 1. The monoisotopic (exact) mass is 369 g/mol. The number of halogens is 3. The first-order valence-corrected chi connectivity index (χ1v) is 8.90. The van der Waals surface area contributed by atoms with Crippen molar-refractivity contribution in [1.29, 1.82) is 0 Å². The summed E-state index contributed by atoms with van der Waals surface area (Å²) in [5.41, 5.74) is -1.63. The molecule has 1 aliphatic carbocycles. The van der Waals surface area contributed by atoms with Crippen molar-refractivity contribution in [2.45, 2.75) is 44.2 Å². The van der Waals surface area contributed by atoms with E-state index in [2.05, 4.69) is 0 Å². The number of aliphatic carboxylic acids is 1. The predicted octanol–water partition coefficient (Wildman–Crippen LogP) is 3.83. The Hall–Kier alpha value is -2.05. The highest BCUT2D eigenvalue weighted by molar-refractivity contribution is 5.85. The van der Waals surface area contributed by atoms with Crippen molar-refractivity contribution in [1.82, 2.24) is 4.90 Å². The van der Waals surface area contributed by atoms with Crippen molar-refractivity contribution in [3.8, 4) is 0 Å². The van der Waals surface area contributed by atoms with Crippen LogP contribution in [0.25, 0.3) is 0 Å². The molecule has 4 nitrogen and oxygen atoms in total. The summed E-state index contributed by atoms with van der Waals surface area (Å²) in [6.45, 7) is -0.163. The molecule has 1 aromatic carbocycles. The minimum atomic E-state index is -4.62. The van der Waals surface area contributed by atoms with Crippen LogP contribution in [0, 0.1) is 11.3 Å². The van der Waals surface area contributed by atoms with Crippen LogP contribution in [0.5, 0.6) is 0 Å². The molecule has 1 heterocycles. The SMILES string of the molecule is O=C(O)[C@@H]1CN(C(=O)C2(C(F)(F)F)CCCCC2)C[C@H]1c1ccccc1. The first-order chi connectivity index (χ1) is 12.3. The molecular weight excluding hydrogens is 347 g/mol. The van der Waals surface area contributed by atoms with Crippen LogP contribution < -0.4 is 0 Å². The number of benzene rings is 1. The van der Waals surface area contributed by atoms with E-state index >= 15 is 0 Å². The molecule has 3 rings (SSSR count). The number of rotatable bonds is 3. The fraction of sp³-hybridized carbons (Fsp3) is 0.579. The Kier molecular flexibility index (Phi) is 4.99. The van der Waals surface area contributed by atoms with Gasteiger partial charge in [0.2, 0.25) is 5.91 Å². The van der Waals surface area contributed by atoms with Crippen LogP contribution in [0.3, 0.4) is 0 Å².